The summed E-state index contributed by atoms with van der Waals surface area (Å²) in [5, 5.41) is 43.8. The number of nitrogen functional groups attached to an aromatic ring is 1. The van der Waals surface area contributed by atoms with Crippen LogP contribution in [0.1, 0.15) is 17.5 Å². The number of nitrogens with two attached hydrogens (primary N) is 2. The topological polar surface area (TPSA) is 231 Å². The molecule has 0 spiro atoms. The number of benzene rings is 1. The molecule has 1 amide bonds. The van der Waals surface area contributed by atoms with E-state index in [2.05, 4.69) is 4.18 Å². The van der Waals surface area contributed by atoms with E-state index in [1.165, 1.54) is 19.0 Å². The highest BCUT2D eigenvalue weighted by atomic mass is 32.2. The number of fused-ring (bicyclic) bond motifs is 3. The lowest BCUT2D eigenvalue weighted by molar-refractivity contribution is -0.153. The first-order valence-corrected chi connectivity index (χ1v) is 12.5. The van der Waals surface area contributed by atoms with Gasteiger partial charge in [-0.3, -0.25) is 19.3 Å². The molecule has 39 heavy (non-hydrogen) atoms. The van der Waals surface area contributed by atoms with E-state index in [9.17, 15) is 56.4 Å². The van der Waals surface area contributed by atoms with E-state index in [0.717, 1.165) is 6.07 Å². The molecule has 1 aromatic rings. The first kappa shape index (κ1) is 28.2. The van der Waals surface area contributed by atoms with E-state index in [1.807, 2.05) is 0 Å². The van der Waals surface area contributed by atoms with E-state index < -0.39 is 102 Å². The molecule has 17 heteroatoms. The number of amides is 1. The van der Waals surface area contributed by atoms with Crippen LogP contribution in [0.3, 0.4) is 0 Å². The summed E-state index contributed by atoms with van der Waals surface area (Å²) in [4.78, 5) is 39.9. The molecule has 8 N–H and O–H groups in total. The number of aliphatic hydroxyl groups is 3. The molecule has 0 radical (unpaired) electrons. The summed E-state index contributed by atoms with van der Waals surface area (Å²) in [6.07, 6.45) is -0.626. The van der Waals surface area contributed by atoms with Crippen LogP contribution in [-0.2, 0) is 30.9 Å². The minimum absolute atomic E-state index is 0.167. The molecule has 4 atom stereocenters. The molecular formula is C22H22F3N3O10S. The number of ketones is 2. The van der Waals surface area contributed by atoms with E-state index in [-0.39, 0.29) is 18.4 Å². The van der Waals surface area contributed by atoms with Crippen molar-refractivity contribution in [2.45, 2.75) is 30.0 Å². The minimum Gasteiger partial charge on any atom is -0.508 e. The molecule has 4 rings (SSSR count). The Hall–Kier alpha value is -3.83. The van der Waals surface area contributed by atoms with E-state index in [4.69, 9.17) is 11.5 Å². The van der Waals surface area contributed by atoms with Crippen LogP contribution in [0.4, 0.5) is 18.9 Å². The highest BCUT2D eigenvalue weighted by Crippen LogP contribution is 2.54. The number of rotatable bonds is 4. The van der Waals surface area contributed by atoms with Gasteiger partial charge in [0.1, 0.15) is 22.8 Å². The van der Waals surface area contributed by atoms with Gasteiger partial charge in [-0.25, -0.2) is 0 Å². The molecule has 0 saturated heterocycles. The summed E-state index contributed by atoms with van der Waals surface area (Å²) in [6, 6.07) is -0.609. The van der Waals surface area contributed by atoms with Gasteiger partial charge in [0.2, 0.25) is 5.78 Å². The van der Waals surface area contributed by atoms with E-state index in [1.54, 1.807) is 0 Å². The van der Waals surface area contributed by atoms with Crippen molar-refractivity contribution in [1.29, 1.82) is 0 Å². The Kier molecular flexibility index (Phi) is 6.21. The van der Waals surface area contributed by atoms with Gasteiger partial charge >= 0.3 is 15.6 Å². The Bertz CT molecular complexity index is 1520. The zero-order chi connectivity index (χ0) is 29.6. The molecule has 3 aliphatic rings. The lowest BCUT2D eigenvalue weighted by atomic mass is 9.57. The molecule has 1 fully saturated rings. The third-order valence-electron chi connectivity index (χ3n) is 7.20. The van der Waals surface area contributed by atoms with Crippen molar-refractivity contribution >= 4 is 39.0 Å². The molecular weight excluding hydrogens is 555 g/mol. The fourth-order valence-electron chi connectivity index (χ4n) is 5.52. The average molecular weight is 577 g/mol. The maximum Gasteiger partial charge on any atom is 0.534 e. The first-order valence-electron chi connectivity index (χ1n) is 11.1. The number of anilines is 1. The van der Waals surface area contributed by atoms with Crippen molar-refractivity contribution in [3.63, 3.8) is 0 Å². The molecule has 212 valence electrons. The molecule has 0 bridgehead atoms. The number of phenolic OH excluding ortho intramolecular Hbond substituents is 1. The SMILES string of the molecule is CN(C)[C@@H]1C(=O)C(C(N)=O)=C(O)[C@@]2(O)C(=O)C3=C(O)c4c(cc(OS(=O)(=O)C(F)(F)F)c(N)c4O)CC3CC12. The highest BCUT2D eigenvalue weighted by Gasteiger charge is 2.64. The van der Waals surface area contributed by atoms with Crippen LogP contribution in [-0.4, -0.2) is 82.5 Å². The van der Waals surface area contributed by atoms with Crippen LogP contribution >= 0.6 is 0 Å². The predicted molar refractivity (Wildman–Crippen MR) is 124 cm³/mol. The number of hydrogen-bond donors (Lipinski definition) is 6. The van der Waals surface area contributed by atoms with Gasteiger partial charge in [0, 0.05) is 11.5 Å². The van der Waals surface area contributed by atoms with Gasteiger partial charge in [0.15, 0.2) is 22.9 Å². The largest absolute Gasteiger partial charge is 0.534 e. The summed E-state index contributed by atoms with van der Waals surface area (Å²) in [5.74, 6) is -10.6. The number of alkyl halides is 3. The number of aliphatic hydroxyl groups excluding tert-OH is 2. The Morgan fingerprint density at radius 1 is 1.21 bits per heavy atom. The Morgan fingerprint density at radius 2 is 1.79 bits per heavy atom. The smallest absolute Gasteiger partial charge is 0.508 e. The predicted octanol–water partition coefficient (Wildman–Crippen LogP) is -0.225. The molecule has 1 saturated carbocycles. The number of aromatic hydroxyl groups is 1. The second kappa shape index (κ2) is 8.59. The summed E-state index contributed by atoms with van der Waals surface area (Å²) < 4.78 is 65.6. The first-order chi connectivity index (χ1) is 17.8. The summed E-state index contributed by atoms with van der Waals surface area (Å²) in [6.45, 7) is 0. The summed E-state index contributed by atoms with van der Waals surface area (Å²) >= 11 is 0. The van der Waals surface area contributed by atoms with Crippen LogP contribution in [0.5, 0.6) is 11.5 Å². The van der Waals surface area contributed by atoms with Crippen LogP contribution in [0.2, 0.25) is 0 Å². The number of nitrogens with zero attached hydrogens (tertiary/aromatic N) is 1. The number of carbonyl (C=O) groups excluding carboxylic acids is 3. The monoisotopic (exact) mass is 577 g/mol. The number of phenols is 1. The van der Waals surface area contributed by atoms with Crippen molar-refractivity contribution in [2.75, 3.05) is 19.8 Å². The number of primary amides is 1. The number of carbonyl (C=O) groups is 3. The van der Waals surface area contributed by atoms with Gasteiger partial charge < -0.3 is 36.1 Å². The number of halogens is 3. The maximum absolute atomic E-state index is 13.7. The molecule has 2 unspecified atom stereocenters. The Balaban J connectivity index is 1.92. The third-order valence-corrected chi connectivity index (χ3v) is 8.16. The third kappa shape index (κ3) is 3.82. The van der Waals surface area contributed by atoms with Gasteiger partial charge in [0.25, 0.3) is 5.91 Å². The molecule has 1 aromatic carbocycles. The van der Waals surface area contributed by atoms with Crippen molar-refractivity contribution in [2.24, 2.45) is 17.6 Å². The summed E-state index contributed by atoms with van der Waals surface area (Å²) in [5.41, 5.74) is -1.18. The lowest BCUT2D eigenvalue weighted by Gasteiger charge is -2.50. The van der Waals surface area contributed by atoms with Gasteiger partial charge in [0.05, 0.1) is 11.6 Å². The number of Topliss-reactive ketones (excluding diaryl/α,β-unsaturated/α-hetero) is 2. The minimum atomic E-state index is -6.19. The standard InChI is InChI=1S/C22H22F3N3O10S/c1-28(2)14-8-4-6-3-7-5-9(38-39(36,37)22(23,24)25)13(26)16(30)10(7)15(29)11(6)18(32)21(8,35)19(33)12(17(14)31)20(27)34/h5-6,8,14,29-30,33,35H,3-4,26H2,1-2H3,(H2,27,34)/t6?,8?,14-,21-/m0/s1. The highest BCUT2D eigenvalue weighted by molar-refractivity contribution is 7.88. The quantitative estimate of drug-likeness (QED) is 0.0896. The zero-order valence-corrected chi connectivity index (χ0v) is 20.9. The van der Waals surface area contributed by atoms with Crippen molar-refractivity contribution in [3.05, 3.63) is 34.1 Å². The maximum atomic E-state index is 13.7. The zero-order valence-electron chi connectivity index (χ0n) is 20.1. The van der Waals surface area contributed by atoms with Gasteiger partial charge in [-0.05, 0) is 44.5 Å². The normalized spacial score (nSPS) is 27.3. The van der Waals surface area contributed by atoms with Crippen LogP contribution < -0.4 is 15.7 Å². The van der Waals surface area contributed by atoms with Gasteiger partial charge in [-0.15, -0.1) is 0 Å². The Morgan fingerprint density at radius 3 is 2.31 bits per heavy atom. The van der Waals surface area contributed by atoms with Crippen LogP contribution in [0, 0.1) is 11.8 Å². The van der Waals surface area contributed by atoms with Crippen molar-refractivity contribution < 1.29 is 60.6 Å². The van der Waals surface area contributed by atoms with Gasteiger partial charge in [-0.1, -0.05) is 0 Å². The van der Waals surface area contributed by atoms with Crippen molar-refractivity contribution in [1.82, 2.24) is 4.90 Å². The van der Waals surface area contributed by atoms with Gasteiger partial charge in [-0.2, -0.15) is 21.6 Å². The van der Waals surface area contributed by atoms with Crippen molar-refractivity contribution in [3.8, 4) is 11.5 Å². The fraction of sp³-hybridized carbons (Fsp3) is 0.409. The Labute approximate surface area is 217 Å². The number of likely N-dealkylation sites (N-methyl/N-ethyl adjacent to an activating group) is 1. The van der Waals surface area contributed by atoms with Crippen LogP contribution in [0.15, 0.2) is 23.0 Å². The molecule has 0 aromatic heterocycles. The molecule has 13 nitrogen and oxygen atoms in total. The molecule has 0 heterocycles. The number of hydrogen-bond acceptors (Lipinski definition) is 12. The van der Waals surface area contributed by atoms with E-state index >= 15 is 0 Å². The fourth-order valence-corrected chi connectivity index (χ4v) is 5.99. The second-order valence-electron chi connectivity index (χ2n) is 9.62. The van der Waals surface area contributed by atoms with Crippen LogP contribution in [0.25, 0.3) is 5.76 Å². The second-order valence-corrected chi connectivity index (χ2v) is 11.2. The average Bonchev–Trinajstić information content (AvgIpc) is 2.78. The molecule has 3 aliphatic carbocycles. The van der Waals surface area contributed by atoms with E-state index in [0.29, 0.717) is 0 Å². The summed E-state index contributed by atoms with van der Waals surface area (Å²) in [7, 11) is -3.39. The lowest BCUT2D eigenvalue weighted by Crippen LogP contribution is -2.65. The molecule has 0 aliphatic heterocycles.